The fourth-order valence-corrected chi connectivity index (χ4v) is 3.21. The van der Waals surface area contributed by atoms with Crippen LogP contribution in [0.4, 0.5) is 4.79 Å². The molecule has 0 saturated carbocycles. The van der Waals surface area contributed by atoms with Crippen molar-refractivity contribution in [3.05, 3.63) is 23.7 Å². The summed E-state index contributed by atoms with van der Waals surface area (Å²) in [6, 6.07) is 3.64. The summed E-state index contributed by atoms with van der Waals surface area (Å²) in [5.41, 5.74) is 0. The molecule has 0 bridgehead atoms. The van der Waals surface area contributed by atoms with Gasteiger partial charge in [-0.1, -0.05) is 0 Å². The van der Waals surface area contributed by atoms with Gasteiger partial charge in [0.15, 0.2) is 0 Å². The van der Waals surface area contributed by atoms with E-state index in [2.05, 4.69) is 15.5 Å². The molecule has 1 unspecified atom stereocenters. The smallest absolute Gasteiger partial charge is 0.317 e. The third-order valence-electron chi connectivity index (χ3n) is 4.57. The molecule has 3 heterocycles. The highest BCUT2D eigenvalue weighted by Gasteiger charge is 2.27. The fourth-order valence-electron chi connectivity index (χ4n) is 3.21. The van der Waals surface area contributed by atoms with Crippen molar-refractivity contribution in [2.24, 2.45) is 0 Å². The molecule has 2 saturated heterocycles. The average molecular weight is 350 g/mol. The van der Waals surface area contributed by atoms with Crippen molar-refractivity contribution in [2.45, 2.75) is 19.4 Å². The maximum absolute atomic E-state index is 12.5. The van der Waals surface area contributed by atoms with E-state index in [4.69, 9.17) is 9.15 Å². The molecule has 0 radical (unpaired) electrons. The van der Waals surface area contributed by atoms with Crippen LogP contribution in [-0.2, 0) is 9.53 Å². The Bertz CT molecular complexity index is 597. The second kappa shape index (κ2) is 8.35. The third kappa shape index (κ3) is 4.73. The third-order valence-corrected chi connectivity index (χ3v) is 4.57. The minimum Gasteiger partial charge on any atom is -0.465 e. The number of nitrogens with zero attached hydrogens (tertiary/aromatic N) is 2. The van der Waals surface area contributed by atoms with Crippen LogP contribution in [0.3, 0.4) is 0 Å². The first kappa shape index (κ1) is 17.8. The van der Waals surface area contributed by atoms with E-state index in [9.17, 15) is 9.59 Å². The molecule has 1 atom stereocenters. The van der Waals surface area contributed by atoms with Crippen LogP contribution in [-0.4, -0.2) is 74.2 Å². The second-order valence-corrected chi connectivity index (χ2v) is 6.42. The zero-order valence-electron chi connectivity index (χ0n) is 14.6. The molecule has 1 aromatic heterocycles. The number of hydrogen-bond acceptors (Lipinski definition) is 5. The Morgan fingerprint density at radius 2 is 2.12 bits per heavy atom. The summed E-state index contributed by atoms with van der Waals surface area (Å²) in [5.74, 6) is 1.58. The quantitative estimate of drug-likeness (QED) is 0.825. The van der Waals surface area contributed by atoms with E-state index in [0.717, 1.165) is 31.0 Å². The molecule has 2 aliphatic rings. The molecule has 3 rings (SSSR count). The lowest BCUT2D eigenvalue weighted by atomic mass is 10.1. The number of ether oxygens (including phenoxy) is 1. The number of carbonyl (C=O) groups excluding carboxylic acids is 2. The molecule has 0 aliphatic carbocycles. The Balaban J connectivity index is 1.63. The highest BCUT2D eigenvalue weighted by Crippen LogP contribution is 2.23. The van der Waals surface area contributed by atoms with Crippen LogP contribution in [0, 0.1) is 6.92 Å². The van der Waals surface area contributed by atoms with Gasteiger partial charge in [-0.2, -0.15) is 0 Å². The molecule has 1 aromatic rings. The van der Waals surface area contributed by atoms with Crippen LogP contribution in [0.25, 0.3) is 0 Å². The van der Waals surface area contributed by atoms with E-state index >= 15 is 0 Å². The molecule has 2 N–H and O–H groups in total. The van der Waals surface area contributed by atoms with Gasteiger partial charge in [0.25, 0.3) is 0 Å². The van der Waals surface area contributed by atoms with Gasteiger partial charge in [-0.15, -0.1) is 0 Å². The summed E-state index contributed by atoms with van der Waals surface area (Å²) in [5, 5.41) is 5.75. The number of rotatable bonds is 4. The number of hydrogen-bond donors (Lipinski definition) is 2. The zero-order chi connectivity index (χ0) is 17.6. The number of aryl methyl sites for hydroxylation is 1. The first-order chi connectivity index (χ1) is 12.1. The summed E-state index contributed by atoms with van der Waals surface area (Å²) in [6.07, 6.45) is 0.767. The van der Waals surface area contributed by atoms with E-state index in [-0.39, 0.29) is 24.5 Å². The summed E-state index contributed by atoms with van der Waals surface area (Å²) in [4.78, 5) is 27.9. The van der Waals surface area contributed by atoms with Crippen LogP contribution in [0.5, 0.6) is 0 Å². The summed E-state index contributed by atoms with van der Waals surface area (Å²) >= 11 is 0. The lowest BCUT2D eigenvalue weighted by molar-refractivity contribution is -0.121. The average Bonchev–Trinajstić information content (AvgIpc) is 2.92. The molecule has 8 heteroatoms. The van der Waals surface area contributed by atoms with Crippen LogP contribution in [0.2, 0.25) is 0 Å². The Hall–Kier alpha value is -2.06. The number of furan rings is 1. The van der Waals surface area contributed by atoms with Gasteiger partial charge in [0.05, 0.1) is 19.3 Å². The van der Waals surface area contributed by atoms with Crippen molar-refractivity contribution in [1.82, 2.24) is 20.4 Å². The highest BCUT2D eigenvalue weighted by atomic mass is 16.5. The number of morpholine rings is 1. The zero-order valence-corrected chi connectivity index (χ0v) is 14.6. The van der Waals surface area contributed by atoms with E-state index in [1.54, 1.807) is 4.90 Å². The number of urea groups is 1. The molecule has 138 valence electrons. The van der Waals surface area contributed by atoms with Crippen LogP contribution in [0.1, 0.15) is 24.0 Å². The van der Waals surface area contributed by atoms with Crippen molar-refractivity contribution in [2.75, 3.05) is 52.5 Å². The van der Waals surface area contributed by atoms with Gasteiger partial charge in [-0.3, -0.25) is 9.69 Å². The normalized spacial score (nSPS) is 20.7. The van der Waals surface area contributed by atoms with E-state index < -0.39 is 0 Å². The largest absolute Gasteiger partial charge is 0.465 e. The maximum atomic E-state index is 12.5. The maximum Gasteiger partial charge on any atom is 0.317 e. The predicted octanol–water partition coefficient (Wildman–Crippen LogP) is 0.493. The topological polar surface area (TPSA) is 87.1 Å². The van der Waals surface area contributed by atoms with Gasteiger partial charge in [-0.25, -0.2) is 4.79 Å². The van der Waals surface area contributed by atoms with Crippen molar-refractivity contribution < 1.29 is 18.7 Å². The number of nitrogens with one attached hydrogen (secondary N) is 2. The lowest BCUT2D eigenvalue weighted by Gasteiger charge is -2.33. The first-order valence-electron chi connectivity index (χ1n) is 8.81. The molecule has 2 fully saturated rings. The summed E-state index contributed by atoms with van der Waals surface area (Å²) < 4.78 is 11.2. The number of amides is 3. The van der Waals surface area contributed by atoms with Gasteiger partial charge in [-0.05, 0) is 25.5 Å². The minimum atomic E-state index is -0.210. The Morgan fingerprint density at radius 1 is 1.32 bits per heavy atom. The first-order valence-corrected chi connectivity index (χ1v) is 8.81. The number of carbonyl (C=O) groups is 2. The molecular formula is C17H26N4O4. The highest BCUT2D eigenvalue weighted by molar-refractivity contribution is 5.84. The Morgan fingerprint density at radius 3 is 2.84 bits per heavy atom. The summed E-state index contributed by atoms with van der Waals surface area (Å²) in [6.45, 7) is 6.59. The standard InChI is InChI=1S/C17H26N4O4/c1-13-3-4-15(25-13)14(20-7-9-24-10-8-20)11-19-17(23)21-6-2-5-18-16(22)12-21/h3-4,14H,2,5-12H2,1H3,(H,18,22)(H,19,23). The second-order valence-electron chi connectivity index (χ2n) is 6.42. The predicted molar refractivity (Wildman–Crippen MR) is 91.2 cm³/mol. The van der Waals surface area contributed by atoms with Crippen molar-refractivity contribution in [1.29, 1.82) is 0 Å². The fraction of sp³-hybridized carbons (Fsp3) is 0.647. The molecule has 0 spiro atoms. The van der Waals surface area contributed by atoms with Gasteiger partial charge in [0, 0.05) is 32.7 Å². The van der Waals surface area contributed by atoms with Gasteiger partial charge in [0.2, 0.25) is 5.91 Å². The molecule has 3 amide bonds. The molecule has 0 aromatic carbocycles. The van der Waals surface area contributed by atoms with Crippen LogP contribution < -0.4 is 10.6 Å². The lowest BCUT2D eigenvalue weighted by Crippen LogP contribution is -2.48. The molecule has 8 nitrogen and oxygen atoms in total. The van der Waals surface area contributed by atoms with Crippen molar-refractivity contribution in [3.63, 3.8) is 0 Å². The van der Waals surface area contributed by atoms with Gasteiger partial charge >= 0.3 is 6.03 Å². The molecular weight excluding hydrogens is 324 g/mol. The molecule has 25 heavy (non-hydrogen) atoms. The van der Waals surface area contributed by atoms with Crippen LogP contribution >= 0.6 is 0 Å². The van der Waals surface area contributed by atoms with E-state index in [1.807, 2.05) is 19.1 Å². The van der Waals surface area contributed by atoms with E-state index in [1.165, 1.54) is 0 Å². The monoisotopic (exact) mass is 350 g/mol. The molecule has 2 aliphatic heterocycles. The Kier molecular flexibility index (Phi) is 5.93. The summed E-state index contributed by atoms with van der Waals surface area (Å²) in [7, 11) is 0. The van der Waals surface area contributed by atoms with Gasteiger partial charge in [0.1, 0.15) is 18.1 Å². The van der Waals surface area contributed by atoms with Crippen molar-refractivity contribution >= 4 is 11.9 Å². The minimum absolute atomic E-state index is 0.0395. The Labute approximate surface area is 147 Å². The van der Waals surface area contributed by atoms with Gasteiger partial charge < -0.3 is 24.7 Å². The van der Waals surface area contributed by atoms with Crippen molar-refractivity contribution in [3.8, 4) is 0 Å². The van der Waals surface area contributed by atoms with E-state index in [0.29, 0.717) is 32.8 Å². The SMILES string of the molecule is Cc1ccc(C(CNC(=O)N2CCCNC(=O)C2)N2CCOCC2)o1. The van der Waals surface area contributed by atoms with Crippen LogP contribution in [0.15, 0.2) is 16.5 Å².